The highest BCUT2D eigenvalue weighted by molar-refractivity contribution is 5.83. The van der Waals surface area contributed by atoms with Gasteiger partial charge < -0.3 is 15.4 Å². The lowest BCUT2D eigenvalue weighted by Gasteiger charge is -2.06. The van der Waals surface area contributed by atoms with E-state index in [0.717, 1.165) is 35.0 Å². The summed E-state index contributed by atoms with van der Waals surface area (Å²) in [7, 11) is 0. The number of hydrogen-bond acceptors (Lipinski definition) is 2. The van der Waals surface area contributed by atoms with Gasteiger partial charge in [0.15, 0.2) is 0 Å². The standard InChI is InChI=1S/C15H20N2O2/c1-10-6-11(2)13-8-12(9-16-4-3-5-18)15(19)17-14(13)7-10/h6-8,16,18H,3-5,9H2,1-2H3,(H,17,19)/p+1. The number of aryl methyl sites for hydroxylation is 2. The molecule has 0 saturated carbocycles. The molecular formula is C15H21N2O2+. The molecule has 1 aromatic heterocycles. The Labute approximate surface area is 112 Å². The molecule has 0 fully saturated rings. The number of benzene rings is 1. The minimum absolute atomic E-state index is 0.0160. The van der Waals surface area contributed by atoms with Gasteiger partial charge in [-0.2, -0.15) is 0 Å². The predicted octanol–water partition coefficient (Wildman–Crippen LogP) is 0.591. The fourth-order valence-corrected chi connectivity index (χ4v) is 2.36. The van der Waals surface area contributed by atoms with E-state index in [4.69, 9.17) is 5.11 Å². The zero-order valence-electron chi connectivity index (χ0n) is 11.5. The van der Waals surface area contributed by atoms with Crippen LogP contribution in [0.15, 0.2) is 23.0 Å². The number of fused-ring (bicyclic) bond motifs is 1. The second-order valence-corrected chi connectivity index (χ2v) is 5.03. The van der Waals surface area contributed by atoms with Crippen LogP contribution in [0.25, 0.3) is 10.9 Å². The Morgan fingerprint density at radius 2 is 2.05 bits per heavy atom. The lowest BCUT2D eigenvalue weighted by Crippen LogP contribution is -2.83. The third-order valence-electron chi connectivity index (χ3n) is 3.32. The molecule has 1 heterocycles. The summed E-state index contributed by atoms with van der Waals surface area (Å²) in [5.74, 6) is 0. The van der Waals surface area contributed by atoms with Crippen LogP contribution in [0.4, 0.5) is 0 Å². The number of aliphatic hydroxyl groups is 1. The molecule has 0 saturated heterocycles. The van der Waals surface area contributed by atoms with Gasteiger partial charge >= 0.3 is 0 Å². The van der Waals surface area contributed by atoms with Crippen molar-refractivity contribution in [3.8, 4) is 0 Å². The van der Waals surface area contributed by atoms with Crippen LogP contribution in [0, 0.1) is 13.8 Å². The molecule has 0 radical (unpaired) electrons. The summed E-state index contributed by atoms with van der Waals surface area (Å²) in [6.07, 6.45) is 0.754. The molecular weight excluding hydrogens is 240 g/mol. The van der Waals surface area contributed by atoms with Gasteiger partial charge in [0.05, 0.1) is 12.1 Å². The van der Waals surface area contributed by atoms with Gasteiger partial charge in [-0.3, -0.25) is 4.79 Å². The molecule has 4 nitrogen and oxygen atoms in total. The number of pyridine rings is 1. The zero-order valence-corrected chi connectivity index (χ0v) is 11.5. The van der Waals surface area contributed by atoms with Crippen molar-refractivity contribution in [2.75, 3.05) is 13.2 Å². The molecule has 2 aromatic rings. The van der Waals surface area contributed by atoms with Gasteiger partial charge in [0.1, 0.15) is 6.54 Å². The van der Waals surface area contributed by atoms with Crippen LogP contribution in [0.3, 0.4) is 0 Å². The summed E-state index contributed by atoms with van der Waals surface area (Å²) in [4.78, 5) is 15.0. The average Bonchev–Trinajstić information content (AvgIpc) is 2.35. The number of aromatic nitrogens is 1. The van der Waals surface area contributed by atoms with E-state index >= 15 is 0 Å². The first-order valence-electron chi connectivity index (χ1n) is 6.67. The van der Waals surface area contributed by atoms with Gasteiger partial charge in [-0.15, -0.1) is 0 Å². The van der Waals surface area contributed by atoms with Crippen molar-refractivity contribution in [1.82, 2.24) is 4.98 Å². The summed E-state index contributed by atoms with van der Waals surface area (Å²) in [5, 5.41) is 11.9. The minimum Gasteiger partial charge on any atom is -0.396 e. The summed E-state index contributed by atoms with van der Waals surface area (Å²) < 4.78 is 0. The first-order valence-corrected chi connectivity index (χ1v) is 6.67. The molecule has 0 aliphatic carbocycles. The fraction of sp³-hybridized carbons (Fsp3) is 0.400. The molecule has 2 rings (SSSR count). The first kappa shape index (κ1) is 13.8. The van der Waals surface area contributed by atoms with Crippen molar-refractivity contribution in [3.05, 3.63) is 45.2 Å². The minimum atomic E-state index is -0.0160. The molecule has 0 bridgehead atoms. The van der Waals surface area contributed by atoms with Crippen molar-refractivity contribution < 1.29 is 10.4 Å². The smallest absolute Gasteiger partial charge is 0.257 e. The van der Waals surface area contributed by atoms with Crippen molar-refractivity contribution in [2.45, 2.75) is 26.8 Å². The molecule has 0 aliphatic rings. The van der Waals surface area contributed by atoms with Gasteiger partial charge in [-0.1, -0.05) is 6.07 Å². The van der Waals surface area contributed by atoms with Crippen molar-refractivity contribution >= 4 is 10.9 Å². The Balaban J connectivity index is 2.30. The summed E-state index contributed by atoms with van der Waals surface area (Å²) in [6, 6.07) is 6.11. The molecule has 102 valence electrons. The Hall–Kier alpha value is -1.65. The van der Waals surface area contributed by atoms with E-state index in [-0.39, 0.29) is 12.2 Å². The highest BCUT2D eigenvalue weighted by Crippen LogP contribution is 2.18. The Morgan fingerprint density at radius 3 is 2.79 bits per heavy atom. The second-order valence-electron chi connectivity index (χ2n) is 5.03. The molecule has 0 atom stereocenters. The van der Waals surface area contributed by atoms with Crippen LogP contribution in [0.1, 0.15) is 23.1 Å². The lowest BCUT2D eigenvalue weighted by molar-refractivity contribution is -0.671. The number of hydrogen-bond donors (Lipinski definition) is 3. The number of H-pyrrole nitrogens is 1. The van der Waals surface area contributed by atoms with Gasteiger partial charge in [-0.25, -0.2) is 0 Å². The van der Waals surface area contributed by atoms with Gasteiger partial charge in [0, 0.05) is 23.9 Å². The number of quaternary nitrogens is 1. The largest absolute Gasteiger partial charge is 0.396 e. The SMILES string of the molecule is Cc1cc(C)c2cc(C[NH2+]CCCO)c(=O)[nH]c2c1. The van der Waals surface area contributed by atoms with Crippen molar-refractivity contribution in [1.29, 1.82) is 0 Å². The number of nitrogens with two attached hydrogens (primary N) is 1. The first-order chi connectivity index (χ1) is 9.11. The van der Waals surface area contributed by atoms with E-state index in [1.54, 1.807) is 0 Å². The normalized spacial score (nSPS) is 11.1. The van der Waals surface area contributed by atoms with Crippen LogP contribution in [0.2, 0.25) is 0 Å². The highest BCUT2D eigenvalue weighted by Gasteiger charge is 2.06. The monoisotopic (exact) mass is 261 g/mol. The molecule has 19 heavy (non-hydrogen) atoms. The van der Waals surface area contributed by atoms with E-state index < -0.39 is 0 Å². The zero-order chi connectivity index (χ0) is 13.8. The van der Waals surface area contributed by atoms with Crippen LogP contribution in [-0.2, 0) is 6.54 Å². The van der Waals surface area contributed by atoms with Gasteiger partial charge in [0.2, 0.25) is 0 Å². The summed E-state index contributed by atoms with van der Waals surface area (Å²) >= 11 is 0. The maximum absolute atomic E-state index is 12.0. The number of nitrogens with one attached hydrogen (secondary N) is 1. The third-order valence-corrected chi connectivity index (χ3v) is 3.32. The van der Waals surface area contributed by atoms with Crippen LogP contribution < -0.4 is 10.9 Å². The molecule has 1 aromatic carbocycles. The van der Waals surface area contributed by atoms with Crippen molar-refractivity contribution in [3.63, 3.8) is 0 Å². The second kappa shape index (κ2) is 5.99. The molecule has 4 heteroatoms. The number of rotatable bonds is 5. The predicted molar refractivity (Wildman–Crippen MR) is 76.2 cm³/mol. The highest BCUT2D eigenvalue weighted by atomic mass is 16.3. The molecule has 0 unspecified atom stereocenters. The Bertz CT molecular complexity index is 632. The van der Waals surface area contributed by atoms with Crippen molar-refractivity contribution in [2.24, 2.45) is 0 Å². The van der Waals surface area contributed by atoms with Crippen LogP contribution >= 0.6 is 0 Å². The van der Waals surface area contributed by atoms with Gasteiger partial charge in [0.25, 0.3) is 5.56 Å². The molecule has 0 amide bonds. The summed E-state index contributed by atoms with van der Waals surface area (Å²) in [6.45, 7) is 5.77. The van der Waals surface area contributed by atoms with E-state index in [1.807, 2.05) is 19.1 Å². The topological polar surface area (TPSA) is 69.7 Å². The molecule has 0 spiro atoms. The molecule has 0 aliphatic heterocycles. The average molecular weight is 261 g/mol. The van der Waals surface area contributed by atoms with E-state index in [1.165, 1.54) is 5.56 Å². The lowest BCUT2D eigenvalue weighted by atomic mass is 10.0. The molecule has 4 N–H and O–H groups in total. The van der Waals surface area contributed by atoms with Crippen LogP contribution in [0.5, 0.6) is 0 Å². The quantitative estimate of drug-likeness (QED) is 0.690. The van der Waals surface area contributed by atoms with Gasteiger partial charge in [-0.05, 0) is 37.1 Å². The number of aromatic amines is 1. The third kappa shape index (κ3) is 3.22. The van der Waals surface area contributed by atoms with E-state index in [9.17, 15) is 4.79 Å². The Kier molecular flexibility index (Phi) is 4.35. The Morgan fingerprint density at radius 1 is 1.26 bits per heavy atom. The maximum Gasteiger partial charge on any atom is 0.257 e. The maximum atomic E-state index is 12.0. The van der Waals surface area contributed by atoms with E-state index in [2.05, 4.69) is 23.3 Å². The van der Waals surface area contributed by atoms with E-state index in [0.29, 0.717) is 6.54 Å². The summed E-state index contributed by atoms with van der Waals surface area (Å²) in [5.41, 5.74) is 4.02. The number of aliphatic hydroxyl groups excluding tert-OH is 1. The fourth-order valence-electron chi connectivity index (χ4n) is 2.36. The van der Waals surface area contributed by atoms with Crippen LogP contribution in [-0.4, -0.2) is 23.2 Å².